The molecule has 1 saturated heterocycles. The maximum absolute atomic E-state index is 13.0. The van der Waals surface area contributed by atoms with Gasteiger partial charge >= 0.3 is 5.97 Å². The van der Waals surface area contributed by atoms with Crippen LogP contribution >= 0.6 is 11.6 Å². The van der Waals surface area contributed by atoms with E-state index in [9.17, 15) is 17.6 Å². The van der Waals surface area contributed by atoms with E-state index in [2.05, 4.69) is 0 Å². The van der Waals surface area contributed by atoms with Crippen LogP contribution in [0.2, 0.25) is 5.02 Å². The van der Waals surface area contributed by atoms with E-state index in [0.717, 1.165) is 18.2 Å². The van der Waals surface area contributed by atoms with E-state index in [-0.39, 0.29) is 35.8 Å². The quantitative estimate of drug-likeness (QED) is 0.923. The molecule has 0 aromatic heterocycles. The van der Waals surface area contributed by atoms with Crippen molar-refractivity contribution in [3.63, 3.8) is 0 Å². The number of hydrogen-bond acceptors (Lipinski definition) is 3. The van der Waals surface area contributed by atoms with E-state index in [1.54, 1.807) is 0 Å². The van der Waals surface area contributed by atoms with Crippen molar-refractivity contribution in [2.75, 3.05) is 13.1 Å². The molecule has 5 nitrogen and oxygen atoms in total. The molecular formula is C12H13ClFNO4S. The average molecular weight is 322 g/mol. The zero-order valence-electron chi connectivity index (χ0n) is 10.4. The number of benzene rings is 1. The van der Waals surface area contributed by atoms with Gasteiger partial charge in [0.25, 0.3) is 0 Å². The summed E-state index contributed by atoms with van der Waals surface area (Å²) in [5, 5.41) is 8.71. The van der Waals surface area contributed by atoms with Gasteiger partial charge in [-0.3, -0.25) is 4.79 Å². The van der Waals surface area contributed by atoms with Crippen molar-refractivity contribution in [3.05, 3.63) is 29.0 Å². The van der Waals surface area contributed by atoms with Crippen LogP contribution in [-0.2, 0) is 14.8 Å². The first-order valence-electron chi connectivity index (χ1n) is 6.00. The van der Waals surface area contributed by atoms with Crippen LogP contribution in [-0.4, -0.2) is 36.9 Å². The normalized spacial score (nSPS) is 18.1. The van der Waals surface area contributed by atoms with Crippen LogP contribution in [0.15, 0.2) is 23.1 Å². The summed E-state index contributed by atoms with van der Waals surface area (Å²) >= 11 is 5.77. The van der Waals surface area contributed by atoms with Crippen molar-refractivity contribution in [1.82, 2.24) is 4.31 Å². The summed E-state index contributed by atoms with van der Waals surface area (Å²) in [6.45, 7) is 0.236. The third kappa shape index (κ3) is 2.94. The zero-order chi connectivity index (χ0) is 14.9. The Labute approximate surface area is 121 Å². The second kappa shape index (κ2) is 5.67. The van der Waals surface area contributed by atoms with Gasteiger partial charge in [-0.15, -0.1) is 0 Å². The molecule has 0 atom stereocenters. The highest BCUT2D eigenvalue weighted by molar-refractivity contribution is 7.89. The maximum atomic E-state index is 13.0. The highest BCUT2D eigenvalue weighted by Crippen LogP contribution is 2.28. The topological polar surface area (TPSA) is 74.7 Å². The van der Waals surface area contributed by atoms with Crippen LogP contribution in [0.1, 0.15) is 12.8 Å². The molecule has 1 N–H and O–H groups in total. The Bertz CT molecular complexity index is 626. The fourth-order valence-corrected chi connectivity index (χ4v) is 4.14. The summed E-state index contributed by atoms with van der Waals surface area (Å²) in [5.74, 6) is -2.05. The van der Waals surface area contributed by atoms with E-state index < -0.39 is 27.7 Å². The van der Waals surface area contributed by atoms with Gasteiger partial charge in [0, 0.05) is 13.1 Å². The van der Waals surface area contributed by atoms with Gasteiger partial charge in [-0.05, 0) is 31.0 Å². The molecular weight excluding hydrogens is 309 g/mol. The second-order valence-electron chi connectivity index (χ2n) is 4.59. The molecule has 2 rings (SSSR count). The first kappa shape index (κ1) is 15.2. The van der Waals surface area contributed by atoms with Gasteiger partial charge < -0.3 is 5.11 Å². The number of hydrogen-bond donors (Lipinski definition) is 1. The minimum Gasteiger partial charge on any atom is -0.481 e. The lowest BCUT2D eigenvalue weighted by atomic mass is 9.99. The molecule has 0 aliphatic carbocycles. The predicted molar refractivity (Wildman–Crippen MR) is 70.5 cm³/mol. The number of halogens is 2. The molecule has 0 radical (unpaired) electrons. The molecule has 20 heavy (non-hydrogen) atoms. The van der Waals surface area contributed by atoms with E-state index in [4.69, 9.17) is 16.7 Å². The molecule has 0 saturated carbocycles. The number of piperidine rings is 1. The summed E-state index contributed by atoms with van der Waals surface area (Å²) in [5.41, 5.74) is 0. The minimum absolute atomic E-state index is 0.118. The van der Waals surface area contributed by atoms with Crippen molar-refractivity contribution in [1.29, 1.82) is 0 Å². The Hall–Kier alpha value is -1.18. The number of rotatable bonds is 3. The first-order valence-corrected chi connectivity index (χ1v) is 7.82. The summed E-state index contributed by atoms with van der Waals surface area (Å²) in [6, 6.07) is 3.09. The number of carboxylic acids is 1. The molecule has 1 aromatic rings. The highest BCUT2D eigenvalue weighted by Gasteiger charge is 2.33. The summed E-state index contributed by atoms with van der Waals surface area (Å²) < 4.78 is 38.9. The average Bonchev–Trinajstić information content (AvgIpc) is 2.38. The molecule has 8 heteroatoms. The van der Waals surface area contributed by atoms with Crippen LogP contribution in [0.4, 0.5) is 4.39 Å². The van der Waals surface area contributed by atoms with E-state index in [1.165, 1.54) is 4.31 Å². The van der Waals surface area contributed by atoms with Crippen LogP contribution in [0, 0.1) is 11.7 Å². The summed E-state index contributed by atoms with van der Waals surface area (Å²) in [6.07, 6.45) is 0.515. The van der Waals surface area contributed by atoms with E-state index >= 15 is 0 Å². The Morgan fingerprint density at radius 2 is 1.95 bits per heavy atom. The molecule has 0 bridgehead atoms. The largest absolute Gasteiger partial charge is 0.481 e. The van der Waals surface area contributed by atoms with Gasteiger partial charge in [0.15, 0.2) is 0 Å². The lowest BCUT2D eigenvalue weighted by Gasteiger charge is -2.29. The SMILES string of the molecule is O=C(O)C1CCN(S(=O)(=O)c2ccc(F)cc2Cl)CC1. The standard InChI is InChI=1S/C12H13ClFNO4S/c13-10-7-9(14)1-2-11(10)20(18,19)15-5-3-8(4-6-15)12(16)17/h1-2,7-8H,3-6H2,(H,16,17). The number of sulfonamides is 1. The minimum atomic E-state index is -3.82. The molecule has 1 aliphatic heterocycles. The van der Waals surface area contributed by atoms with E-state index in [1.807, 2.05) is 0 Å². The molecule has 1 aromatic carbocycles. The van der Waals surface area contributed by atoms with Gasteiger partial charge in [0.2, 0.25) is 10.0 Å². The van der Waals surface area contributed by atoms with Gasteiger partial charge in [0.1, 0.15) is 10.7 Å². The third-order valence-corrected chi connectivity index (χ3v) is 5.70. The van der Waals surface area contributed by atoms with E-state index in [0.29, 0.717) is 0 Å². The maximum Gasteiger partial charge on any atom is 0.306 e. The molecule has 110 valence electrons. The number of nitrogens with zero attached hydrogens (tertiary/aromatic N) is 1. The Kier molecular flexibility index (Phi) is 4.31. The van der Waals surface area contributed by atoms with Crippen LogP contribution < -0.4 is 0 Å². The number of carboxylic acid groups (broad SMARTS) is 1. The molecule has 0 unspecified atom stereocenters. The Morgan fingerprint density at radius 1 is 1.35 bits per heavy atom. The fraction of sp³-hybridized carbons (Fsp3) is 0.417. The lowest BCUT2D eigenvalue weighted by Crippen LogP contribution is -2.40. The van der Waals surface area contributed by atoms with Crippen LogP contribution in [0.3, 0.4) is 0 Å². The van der Waals surface area contributed by atoms with Gasteiger partial charge in [-0.25, -0.2) is 12.8 Å². The third-order valence-electron chi connectivity index (χ3n) is 3.31. The number of carbonyl (C=O) groups is 1. The van der Waals surface area contributed by atoms with Crippen molar-refractivity contribution in [2.24, 2.45) is 5.92 Å². The molecule has 0 spiro atoms. The predicted octanol–water partition coefficient (Wildman–Crippen LogP) is 1.96. The summed E-state index contributed by atoms with van der Waals surface area (Å²) in [4.78, 5) is 10.7. The van der Waals surface area contributed by atoms with Gasteiger partial charge in [-0.1, -0.05) is 11.6 Å². The lowest BCUT2D eigenvalue weighted by molar-refractivity contribution is -0.142. The Balaban J connectivity index is 2.22. The van der Waals surface area contributed by atoms with Gasteiger partial charge in [-0.2, -0.15) is 4.31 Å². The molecule has 1 aliphatic rings. The molecule has 0 amide bonds. The molecule has 1 heterocycles. The summed E-state index contributed by atoms with van der Waals surface area (Å²) in [7, 11) is -3.82. The van der Waals surface area contributed by atoms with Crippen molar-refractivity contribution >= 4 is 27.6 Å². The smallest absolute Gasteiger partial charge is 0.306 e. The fourth-order valence-electron chi connectivity index (χ4n) is 2.17. The van der Waals surface area contributed by atoms with Crippen LogP contribution in [0.5, 0.6) is 0 Å². The Morgan fingerprint density at radius 3 is 2.45 bits per heavy atom. The van der Waals surface area contributed by atoms with Crippen molar-refractivity contribution in [2.45, 2.75) is 17.7 Å². The van der Waals surface area contributed by atoms with Crippen molar-refractivity contribution < 1.29 is 22.7 Å². The first-order chi connectivity index (χ1) is 9.32. The highest BCUT2D eigenvalue weighted by atomic mass is 35.5. The number of aliphatic carboxylic acids is 1. The van der Waals surface area contributed by atoms with Crippen molar-refractivity contribution in [3.8, 4) is 0 Å². The second-order valence-corrected chi connectivity index (χ2v) is 6.90. The monoisotopic (exact) mass is 321 g/mol. The van der Waals surface area contributed by atoms with Gasteiger partial charge in [0.05, 0.1) is 10.9 Å². The zero-order valence-corrected chi connectivity index (χ0v) is 12.0. The van der Waals surface area contributed by atoms with Crippen LogP contribution in [0.25, 0.3) is 0 Å². The molecule has 1 fully saturated rings.